The van der Waals surface area contributed by atoms with Crippen molar-refractivity contribution in [2.75, 3.05) is 18.8 Å². The number of fused-ring (bicyclic) bond motifs is 1. The van der Waals surface area contributed by atoms with Gasteiger partial charge in [-0.25, -0.2) is 0 Å². The number of benzene rings is 2. The van der Waals surface area contributed by atoms with Crippen molar-refractivity contribution >= 4 is 51.5 Å². The molecular formula is C22H25N3OS3. The second kappa shape index (κ2) is 9.49. The van der Waals surface area contributed by atoms with Gasteiger partial charge in [-0.3, -0.25) is 4.79 Å². The Morgan fingerprint density at radius 1 is 1.03 bits per heavy atom. The van der Waals surface area contributed by atoms with E-state index in [1.807, 2.05) is 4.90 Å². The van der Waals surface area contributed by atoms with E-state index in [1.165, 1.54) is 34.5 Å². The Balaban J connectivity index is 1.31. The zero-order valence-electron chi connectivity index (χ0n) is 16.7. The number of amides is 1. The maximum atomic E-state index is 12.6. The van der Waals surface area contributed by atoms with Gasteiger partial charge in [0.05, 0.1) is 5.75 Å². The molecule has 3 aromatic rings. The van der Waals surface area contributed by atoms with Gasteiger partial charge in [-0.2, -0.15) is 0 Å². The summed E-state index contributed by atoms with van der Waals surface area (Å²) in [6, 6.07) is 14.9. The normalized spacial score (nSPS) is 19.6. The smallest absolute Gasteiger partial charge is 0.233 e. The van der Waals surface area contributed by atoms with Gasteiger partial charge >= 0.3 is 0 Å². The van der Waals surface area contributed by atoms with Crippen LogP contribution in [0.1, 0.15) is 25.8 Å². The van der Waals surface area contributed by atoms with E-state index in [4.69, 9.17) is 0 Å². The summed E-state index contributed by atoms with van der Waals surface area (Å²) in [5.74, 6) is 2.71. The largest absolute Gasteiger partial charge is 0.341 e. The Bertz CT molecular complexity index is 975. The maximum absolute atomic E-state index is 12.6. The number of nitrogens with zero attached hydrogens (tertiary/aromatic N) is 3. The Kier molecular flexibility index (Phi) is 6.77. The van der Waals surface area contributed by atoms with Gasteiger partial charge in [0.25, 0.3) is 0 Å². The second-order valence-corrected chi connectivity index (χ2v) is 11.2. The monoisotopic (exact) mass is 443 g/mol. The van der Waals surface area contributed by atoms with E-state index in [0.717, 1.165) is 27.5 Å². The third-order valence-electron chi connectivity index (χ3n) is 5.16. The van der Waals surface area contributed by atoms with Crippen LogP contribution in [0.3, 0.4) is 0 Å². The number of carbonyl (C=O) groups excluding carboxylic acids is 1. The minimum atomic E-state index is 0.216. The average molecular weight is 444 g/mol. The lowest BCUT2D eigenvalue weighted by Crippen LogP contribution is -2.43. The van der Waals surface area contributed by atoms with Crippen LogP contribution in [0.2, 0.25) is 0 Å². The van der Waals surface area contributed by atoms with Crippen LogP contribution in [0.15, 0.2) is 51.1 Å². The van der Waals surface area contributed by atoms with Gasteiger partial charge in [-0.15, -0.1) is 10.2 Å². The highest BCUT2D eigenvalue weighted by molar-refractivity contribution is 8.03. The van der Waals surface area contributed by atoms with Gasteiger partial charge in [0.15, 0.2) is 8.68 Å². The first-order chi connectivity index (χ1) is 14.1. The Hall–Kier alpha value is -1.57. The lowest BCUT2D eigenvalue weighted by atomic mass is 9.92. The highest BCUT2D eigenvalue weighted by atomic mass is 32.2. The molecule has 2 heterocycles. The first kappa shape index (κ1) is 20.7. The molecule has 0 saturated carbocycles. The lowest BCUT2D eigenvalue weighted by molar-refractivity contribution is -0.130. The lowest BCUT2D eigenvalue weighted by Gasteiger charge is -2.34. The summed E-state index contributed by atoms with van der Waals surface area (Å²) in [4.78, 5) is 14.6. The van der Waals surface area contributed by atoms with Crippen molar-refractivity contribution in [3.05, 3.63) is 48.0 Å². The van der Waals surface area contributed by atoms with Crippen molar-refractivity contribution in [2.45, 2.75) is 34.7 Å². The number of likely N-dealkylation sites (tertiary alicyclic amines) is 1. The molecule has 1 fully saturated rings. The molecule has 0 N–H and O–H groups in total. The Morgan fingerprint density at radius 3 is 2.52 bits per heavy atom. The minimum absolute atomic E-state index is 0.216. The highest BCUT2D eigenvalue weighted by Gasteiger charge is 2.25. The van der Waals surface area contributed by atoms with E-state index in [9.17, 15) is 4.79 Å². The number of hydrogen-bond donors (Lipinski definition) is 0. The van der Waals surface area contributed by atoms with E-state index in [2.05, 4.69) is 66.5 Å². The first-order valence-corrected chi connectivity index (χ1v) is 12.7. The van der Waals surface area contributed by atoms with Crippen molar-refractivity contribution in [3.63, 3.8) is 0 Å². The summed E-state index contributed by atoms with van der Waals surface area (Å²) >= 11 is 4.80. The zero-order chi connectivity index (χ0) is 20.2. The summed E-state index contributed by atoms with van der Waals surface area (Å²) in [6.45, 7) is 6.22. The standard InChI is InChI=1S/C22H25N3OS3/c1-15-10-16(2)12-25(11-15)20(26)14-28-22-24-23-21(29-22)27-13-18-8-5-7-17-6-3-4-9-19(17)18/h3-9,15-16H,10-14H2,1-2H3. The van der Waals surface area contributed by atoms with Gasteiger partial charge in [0.1, 0.15) is 0 Å². The molecule has 152 valence electrons. The third-order valence-corrected chi connectivity index (χ3v) is 8.38. The first-order valence-electron chi connectivity index (χ1n) is 9.92. The van der Waals surface area contributed by atoms with Crippen LogP contribution in [0.25, 0.3) is 10.8 Å². The van der Waals surface area contributed by atoms with Crippen LogP contribution in [0.5, 0.6) is 0 Å². The summed E-state index contributed by atoms with van der Waals surface area (Å²) in [5.41, 5.74) is 1.31. The van der Waals surface area contributed by atoms with Crippen LogP contribution in [-0.4, -0.2) is 39.8 Å². The van der Waals surface area contributed by atoms with Crippen molar-refractivity contribution in [1.82, 2.24) is 15.1 Å². The number of piperidine rings is 1. The average Bonchev–Trinajstić information content (AvgIpc) is 3.17. The molecule has 1 saturated heterocycles. The van der Waals surface area contributed by atoms with Crippen molar-refractivity contribution < 1.29 is 4.79 Å². The fourth-order valence-electron chi connectivity index (χ4n) is 3.95. The second-order valence-electron chi connectivity index (χ2n) is 7.79. The fraction of sp³-hybridized carbons (Fsp3) is 0.409. The van der Waals surface area contributed by atoms with E-state index in [0.29, 0.717) is 17.6 Å². The molecule has 4 rings (SSSR count). The van der Waals surface area contributed by atoms with Crippen LogP contribution < -0.4 is 0 Å². The van der Waals surface area contributed by atoms with E-state index >= 15 is 0 Å². The summed E-state index contributed by atoms with van der Waals surface area (Å²) in [6.07, 6.45) is 1.21. The van der Waals surface area contributed by atoms with E-state index in [1.54, 1.807) is 23.1 Å². The highest BCUT2D eigenvalue weighted by Crippen LogP contribution is 2.32. The molecule has 0 bridgehead atoms. The van der Waals surface area contributed by atoms with E-state index < -0.39 is 0 Å². The van der Waals surface area contributed by atoms with Gasteiger partial charge in [0, 0.05) is 18.8 Å². The molecule has 1 amide bonds. The predicted octanol–water partition coefficient (Wildman–Crippen LogP) is 5.58. The number of rotatable bonds is 6. The molecule has 1 aliphatic heterocycles. The molecule has 2 aromatic carbocycles. The molecule has 2 unspecified atom stereocenters. The number of carbonyl (C=O) groups is 1. The molecule has 1 aromatic heterocycles. The zero-order valence-corrected chi connectivity index (χ0v) is 19.2. The Labute approximate surface area is 184 Å². The molecule has 1 aliphatic rings. The minimum Gasteiger partial charge on any atom is -0.341 e. The molecule has 0 spiro atoms. The van der Waals surface area contributed by atoms with Crippen LogP contribution >= 0.6 is 34.9 Å². The van der Waals surface area contributed by atoms with Crippen molar-refractivity contribution in [2.24, 2.45) is 11.8 Å². The van der Waals surface area contributed by atoms with E-state index in [-0.39, 0.29) is 5.91 Å². The number of thioether (sulfide) groups is 2. The molecular weight excluding hydrogens is 418 g/mol. The summed E-state index contributed by atoms with van der Waals surface area (Å²) in [7, 11) is 0. The van der Waals surface area contributed by atoms with Crippen molar-refractivity contribution in [3.8, 4) is 0 Å². The van der Waals surface area contributed by atoms with Crippen molar-refractivity contribution in [1.29, 1.82) is 0 Å². The number of hydrogen-bond acceptors (Lipinski definition) is 6. The molecule has 4 nitrogen and oxygen atoms in total. The fourth-order valence-corrected chi connectivity index (χ4v) is 6.88. The number of aromatic nitrogens is 2. The summed E-state index contributed by atoms with van der Waals surface area (Å²) in [5, 5.41) is 11.1. The van der Waals surface area contributed by atoms with Gasteiger partial charge in [0.2, 0.25) is 5.91 Å². The summed E-state index contributed by atoms with van der Waals surface area (Å²) < 4.78 is 1.82. The van der Waals surface area contributed by atoms with Crippen LogP contribution in [0, 0.1) is 11.8 Å². The quantitative estimate of drug-likeness (QED) is 0.465. The SMILES string of the molecule is CC1CC(C)CN(C(=O)CSc2nnc(SCc3cccc4ccccc34)s2)C1. The van der Waals surface area contributed by atoms with Crippen LogP contribution in [0.4, 0.5) is 0 Å². The molecule has 2 atom stereocenters. The Morgan fingerprint density at radius 2 is 1.72 bits per heavy atom. The molecule has 0 aliphatic carbocycles. The predicted molar refractivity (Wildman–Crippen MR) is 124 cm³/mol. The molecule has 0 radical (unpaired) electrons. The maximum Gasteiger partial charge on any atom is 0.233 e. The third kappa shape index (κ3) is 5.32. The van der Waals surface area contributed by atoms with Crippen LogP contribution in [-0.2, 0) is 10.5 Å². The van der Waals surface area contributed by atoms with Gasteiger partial charge < -0.3 is 4.90 Å². The molecule has 29 heavy (non-hydrogen) atoms. The topological polar surface area (TPSA) is 46.1 Å². The molecule has 7 heteroatoms. The van der Waals surface area contributed by atoms with Gasteiger partial charge in [-0.05, 0) is 34.6 Å². The van der Waals surface area contributed by atoms with Gasteiger partial charge in [-0.1, -0.05) is 91.2 Å².